The summed E-state index contributed by atoms with van der Waals surface area (Å²) in [4.78, 5) is 13.9. The number of hydrogen-bond donors (Lipinski definition) is 1. The number of halogens is 2. The molecule has 0 aliphatic carbocycles. The van der Waals surface area contributed by atoms with E-state index in [1.807, 2.05) is 30.3 Å². The molecular formula is C25H29ClFNO5. The minimum atomic E-state index is -0.642. The van der Waals surface area contributed by atoms with Crippen molar-refractivity contribution in [2.24, 2.45) is 0 Å². The SMILES string of the molecule is O.O=C1OCCC1=Cc1ccccc1OC[C@@H](O)CN1CCC(c2ccc(Cl)c(F)c2)CC1. The Kier molecular flexibility index (Phi) is 8.86. The van der Waals surface area contributed by atoms with E-state index in [0.717, 1.165) is 37.1 Å². The number of aliphatic hydroxyl groups excluding tert-OH is 1. The molecule has 2 aromatic carbocycles. The van der Waals surface area contributed by atoms with E-state index in [9.17, 15) is 14.3 Å². The third-order valence-electron chi connectivity index (χ3n) is 6.02. The quantitative estimate of drug-likeness (QED) is 0.486. The first kappa shape index (κ1) is 25.2. The lowest BCUT2D eigenvalue weighted by atomic mass is 9.89. The number of cyclic esters (lactones) is 1. The maximum Gasteiger partial charge on any atom is 0.334 e. The van der Waals surface area contributed by atoms with E-state index < -0.39 is 6.10 Å². The maximum absolute atomic E-state index is 13.8. The van der Waals surface area contributed by atoms with Crippen molar-refractivity contribution < 1.29 is 29.2 Å². The second kappa shape index (κ2) is 11.6. The first-order valence-corrected chi connectivity index (χ1v) is 11.3. The maximum atomic E-state index is 13.8. The summed E-state index contributed by atoms with van der Waals surface area (Å²) in [5.41, 5.74) is 2.40. The van der Waals surface area contributed by atoms with Crippen LogP contribution in [-0.2, 0) is 9.53 Å². The zero-order valence-electron chi connectivity index (χ0n) is 18.3. The number of hydrogen-bond acceptors (Lipinski definition) is 5. The molecule has 3 N–H and O–H groups in total. The molecule has 2 fully saturated rings. The molecule has 2 aliphatic heterocycles. The van der Waals surface area contributed by atoms with Crippen LogP contribution in [0.5, 0.6) is 5.75 Å². The number of aliphatic hydroxyl groups is 1. The van der Waals surface area contributed by atoms with Crippen LogP contribution in [0.1, 0.15) is 36.3 Å². The van der Waals surface area contributed by atoms with Gasteiger partial charge in [-0.15, -0.1) is 0 Å². The molecule has 2 aliphatic rings. The third kappa shape index (κ3) is 6.54. The normalized spacial score (nSPS) is 19.2. The van der Waals surface area contributed by atoms with E-state index in [1.54, 1.807) is 12.1 Å². The van der Waals surface area contributed by atoms with E-state index >= 15 is 0 Å². The lowest BCUT2D eigenvalue weighted by Gasteiger charge is -2.33. The van der Waals surface area contributed by atoms with Crippen LogP contribution in [0.4, 0.5) is 4.39 Å². The van der Waals surface area contributed by atoms with Crippen molar-refractivity contribution in [3.63, 3.8) is 0 Å². The van der Waals surface area contributed by atoms with Gasteiger partial charge >= 0.3 is 5.97 Å². The van der Waals surface area contributed by atoms with Crippen molar-refractivity contribution >= 4 is 23.6 Å². The van der Waals surface area contributed by atoms with Crippen LogP contribution in [-0.4, -0.2) is 60.4 Å². The summed E-state index contributed by atoms with van der Waals surface area (Å²) >= 11 is 5.79. The highest BCUT2D eigenvalue weighted by Crippen LogP contribution is 2.30. The average Bonchev–Trinajstić information content (AvgIpc) is 3.20. The molecule has 0 amide bonds. The predicted octanol–water partition coefficient (Wildman–Crippen LogP) is 3.60. The van der Waals surface area contributed by atoms with Gasteiger partial charge in [-0.05, 0) is 61.7 Å². The molecule has 4 rings (SSSR count). The van der Waals surface area contributed by atoms with Crippen molar-refractivity contribution in [2.75, 3.05) is 32.8 Å². The van der Waals surface area contributed by atoms with Crippen molar-refractivity contribution in [3.05, 3.63) is 70.0 Å². The molecule has 6 nitrogen and oxygen atoms in total. The van der Waals surface area contributed by atoms with Gasteiger partial charge in [0, 0.05) is 24.1 Å². The molecule has 2 heterocycles. The number of carbonyl (C=O) groups is 1. The Labute approximate surface area is 197 Å². The zero-order chi connectivity index (χ0) is 22.5. The van der Waals surface area contributed by atoms with Gasteiger partial charge in [0.25, 0.3) is 0 Å². The molecule has 33 heavy (non-hydrogen) atoms. The van der Waals surface area contributed by atoms with Crippen LogP contribution in [0.3, 0.4) is 0 Å². The van der Waals surface area contributed by atoms with Gasteiger partial charge in [-0.3, -0.25) is 0 Å². The fraction of sp³-hybridized carbons (Fsp3) is 0.400. The van der Waals surface area contributed by atoms with Crippen molar-refractivity contribution in [1.29, 1.82) is 0 Å². The molecule has 0 bridgehead atoms. The molecule has 0 unspecified atom stereocenters. The van der Waals surface area contributed by atoms with Crippen molar-refractivity contribution in [1.82, 2.24) is 4.90 Å². The molecule has 0 spiro atoms. The number of esters is 1. The van der Waals surface area contributed by atoms with Gasteiger partial charge in [-0.1, -0.05) is 35.9 Å². The van der Waals surface area contributed by atoms with Gasteiger partial charge in [-0.2, -0.15) is 0 Å². The van der Waals surface area contributed by atoms with E-state index in [-0.39, 0.29) is 28.9 Å². The average molecular weight is 478 g/mol. The first-order chi connectivity index (χ1) is 15.5. The highest BCUT2D eigenvalue weighted by molar-refractivity contribution is 6.30. The largest absolute Gasteiger partial charge is 0.490 e. The van der Waals surface area contributed by atoms with Crippen LogP contribution in [0, 0.1) is 5.82 Å². The summed E-state index contributed by atoms with van der Waals surface area (Å²) in [5, 5.41) is 10.7. The van der Waals surface area contributed by atoms with Crippen molar-refractivity contribution in [3.8, 4) is 5.75 Å². The molecule has 0 aromatic heterocycles. The predicted molar refractivity (Wildman–Crippen MR) is 125 cm³/mol. The number of piperidine rings is 1. The lowest BCUT2D eigenvalue weighted by Crippen LogP contribution is -2.40. The zero-order valence-corrected chi connectivity index (χ0v) is 19.1. The van der Waals surface area contributed by atoms with E-state index in [4.69, 9.17) is 21.1 Å². The highest BCUT2D eigenvalue weighted by atomic mass is 35.5. The molecule has 0 radical (unpaired) electrons. The van der Waals surface area contributed by atoms with Crippen LogP contribution < -0.4 is 4.74 Å². The Morgan fingerprint density at radius 3 is 2.70 bits per heavy atom. The fourth-order valence-electron chi connectivity index (χ4n) is 4.25. The van der Waals surface area contributed by atoms with Gasteiger partial charge in [-0.25, -0.2) is 9.18 Å². The Bertz CT molecular complexity index is 991. The van der Waals surface area contributed by atoms with Crippen molar-refractivity contribution in [2.45, 2.75) is 31.3 Å². The van der Waals surface area contributed by atoms with E-state index in [1.165, 1.54) is 6.07 Å². The Balaban J connectivity index is 0.00000306. The second-order valence-electron chi connectivity index (χ2n) is 8.31. The fourth-order valence-corrected chi connectivity index (χ4v) is 4.37. The smallest absolute Gasteiger partial charge is 0.334 e. The number of para-hydroxylation sites is 1. The molecule has 178 valence electrons. The number of benzene rings is 2. The summed E-state index contributed by atoms with van der Waals surface area (Å²) in [6, 6.07) is 12.5. The van der Waals surface area contributed by atoms with Gasteiger partial charge < -0.3 is 25.0 Å². The van der Waals surface area contributed by atoms with Gasteiger partial charge in [0.1, 0.15) is 24.3 Å². The highest BCUT2D eigenvalue weighted by Gasteiger charge is 2.23. The summed E-state index contributed by atoms with van der Waals surface area (Å²) in [7, 11) is 0. The molecule has 1 atom stereocenters. The third-order valence-corrected chi connectivity index (χ3v) is 6.32. The molecule has 2 aromatic rings. The van der Waals surface area contributed by atoms with Crippen LogP contribution in [0.15, 0.2) is 48.0 Å². The Hall–Kier alpha value is -2.45. The Morgan fingerprint density at radius 2 is 2.00 bits per heavy atom. The minimum absolute atomic E-state index is 0. The topological polar surface area (TPSA) is 90.5 Å². The number of carbonyl (C=O) groups excluding carboxylic acids is 1. The summed E-state index contributed by atoms with van der Waals surface area (Å²) in [5.74, 6) is 0.264. The second-order valence-corrected chi connectivity index (χ2v) is 8.71. The van der Waals surface area contributed by atoms with E-state index in [0.29, 0.717) is 36.8 Å². The standard InChI is InChI=1S/C25H27ClFNO4.H2O/c26-22-6-5-18(14-23(22)27)17-7-10-28(11-8-17)15-21(29)16-32-24-4-2-1-3-19(24)13-20-9-12-31-25(20)30;/h1-6,13-14,17,21,29H,7-12,15-16H2;1H2/t21-;/m0./s1. The summed E-state index contributed by atoms with van der Waals surface area (Å²) in [6.45, 7) is 2.74. The van der Waals surface area contributed by atoms with Crippen LogP contribution in [0.25, 0.3) is 6.08 Å². The molecule has 8 heteroatoms. The molecular weight excluding hydrogens is 449 g/mol. The number of ether oxygens (including phenoxy) is 2. The van der Waals surface area contributed by atoms with Gasteiger partial charge in [0.2, 0.25) is 0 Å². The number of β-amino-alcohol motifs (C(OH)–C–C–N with tert-alkyl or cyclic N) is 1. The molecule has 0 saturated carbocycles. The Morgan fingerprint density at radius 1 is 1.24 bits per heavy atom. The number of likely N-dealkylation sites (tertiary alicyclic amines) is 1. The summed E-state index contributed by atoms with van der Waals surface area (Å²) in [6.07, 6.45) is 3.55. The van der Waals surface area contributed by atoms with Crippen LogP contribution in [0.2, 0.25) is 5.02 Å². The molecule has 2 saturated heterocycles. The van der Waals surface area contributed by atoms with E-state index in [2.05, 4.69) is 4.90 Å². The van der Waals surface area contributed by atoms with Gasteiger partial charge in [0.15, 0.2) is 0 Å². The van der Waals surface area contributed by atoms with Gasteiger partial charge in [0.05, 0.1) is 11.6 Å². The first-order valence-electron chi connectivity index (χ1n) is 10.9. The summed E-state index contributed by atoms with van der Waals surface area (Å²) < 4.78 is 24.6. The number of rotatable bonds is 7. The lowest BCUT2D eigenvalue weighted by molar-refractivity contribution is -0.134. The van der Waals surface area contributed by atoms with Crippen LogP contribution >= 0.6 is 11.6 Å². The minimum Gasteiger partial charge on any atom is -0.490 e. The monoisotopic (exact) mass is 477 g/mol. The number of nitrogens with zero attached hydrogens (tertiary/aromatic N) is 1.